The van der Waals surface area contributed by atoms with Gasteiger partial charge in [-0.2, -0.15) is 0 Å². The first-order chi connectivity index (χ1) is 5.92. The van der Waals surface area contributed by atoms with Gasteiger partial charge in [-0.05, 0) is 18.8 Å². The average molecular weight is 167 g/mol. The van der Waals surface area contributed by atoms with Crippen LogP contribution in [-0.2, 0) is 0 Å². The molecule has 0 aromatic carbocycles. The SMILES string of the molecule is CCCCCCCC1N[C@@H]2C[C@H]12. The second kappa shape index (κ2) is 3.78. The van der Waals surface area contributed by atoms with E-state index in [1.807, 2.05) is 0 Å². The van der Waals surface area contributed by atoms with Crippen LogP contribution in [0.5, 0.6) is 0 Å². The van der Waals surface area contributed by atoms with Crippen molar-refractivity contribution in [3.8, 4) is 0 Å². The van der Waals surface area contributed by atoms with E-state index in [9.17, 15) is 0 Å². The highest BCUT2D eigenvalue weighted by molar-refractivity contribution is 5.10. The molecule has 0 bridgehead atoms. The van der Waals surface area contributed by atoms with E-state index >= 15 is 0 Å². The first kappa shape index (κ1) is 8.55. The van der Waals surface area contributed by atoms with Crippen molar-refractivity contribution >= 4 is 0 Å². The lowest BCUT2D eigenvalue weighted by Gasteiger charge is -2.26. The van der Waals surface area contributed by atoms with Crippen molar-refractivity contribution in [1.29, 1.82) is 0 Å². The normalized spacial score (nSPS) is 37.2. The third kappa shape index (κ3) is 1.82. The van der Waals surface area contributed by atoms with E-state index in [4.69, 9.17) is 0 Å². The van der Waals surface area contributed by atoms with Crippen LogP contribution in [0.4, 0.5) is 0 Å². The molecule has 70 valence electrons. The second-order valence-electron chi connectivity index (χ2n) is 4.48. The van der Waals surface area contributed by atoms with Gasteiger partial charge in [0.05, 0.1) is 0 Å². The van der Waals surface area contributed by atoms with Crippen LogP contribution in [0.15, 0.2) is 0 Å². The summed E-state index contributed by atoms with van der Waals surface area (Å²) in [4.78, 5) is 0. The number of hydrogen-bond donors (Lipinski definition) is 1. The van der Waals surface area contributed by atoms with Gasteiger partial charge in [0.2, 0.25) is 0 Å². The van der Waals surface area contributed by atoms with Crippen molar-refractivity contribution in [2.45, 2.75) is 64.0 Å². The van der Waals surface area contributed by atoms with Gasteiger partial charge >= 0.3 is 0 Å². The van der Waals surface area contributed by atoms with Crippen LogP contribution in [0.3, 0.4) is 0 Å². The summed E-state index contributed by atoms with van der Waals surface area (Å²) in [6, 6.07) is 1.89. The maximum atomic E-state index is 3.61. The van der Waals surface area contributed by atoms with Gasteiger partial charge in [-0.3, -0.25) is 0 Å². The summed E-state index contributed by atoms with van der Waals surface area (Å²) in [5, 5.41) is 3.61. The fraction of sp³-hybridized carbons (Fsp3) is 1.00. The fourth-order valence-corrected chi connectivity index (χ4v) is 2.40. The van der Waals surface area contributed by atoms with Gasteiger partial charge < -0.3 is 5.32 Å². The van der Waals surface area contributed by atoms with Crippen LogP contribution in [0.25, 0.3) is 0 Å². The van der Waals surface area contributed by atoms with E-state index in [-0.39, 0.29) is 0 Å². The molecule has 0 aromatic rings. The van der Waals surface area contributed by atoms with Crippen LogP contribution < -0.4 is 5.32 Å². The molecule has 1 saturated heterocycles. The molecule has 0 aromatic heterocycles. The Morgan fingerprint density at radius 3 is 2.58 bits per heavy atom. The predicted octanol–water partition coefficient (Wildman–Crippen LogP) is 2.71. The highest BCUT2D eigenvalue weighted by Crippen LogP contribution is 2.44. The van der Waals surface area contributed by atoms with Crippen molar-refractivity contribution in [3.05, 3.63) is 0 Å². The fourth-order valence-electron chi connectivity index (χ4n) is 2.40. The molecule has 1 aliphatic carbocycles. The van der Waals surface area contributed by atoms with Gasteiger partial charge in [0.1, 0.15) is 0 Å². The third-order valence-corrected chi connectivity index (χ3v) is 3.40. The topological polar surface area (TPSA) is 12.0 Å². The molecule has 0 amide bonds. The molecule has 0 spiro atoms. The molecule has 2 fully saturated rings. The molecule has 1 N–H and O–H groups in total. The van der Waals surface area contributed by atoms with Crippen molar-refractivity contribution < 1.29 is 0 Å². The Labute approximate surface area is 75.9 Å². The largest absolute Gasteiger partial charge is 0.311 e. The zero-order valence-electron chi connectivity index (χ0n) is 8.18. The minimum atomic E-state index is 0.927. The molecule has 2 rings (SSSR count). The number of rotatable bonds is 6. The Balaban J connectivity index is 1.41. The average Bonchev–Trinajstić information content (AvgIpc) is 2.69. The summed E-state index contributed by atoms with van der Waals surface area (Å²) in [6.45, 7) is 2.28. The highest BCUT2D eigenvalue weighted by Gasteiger charge is 2.52. The van der Waals surface area contributed by atoms with E-state index in [0.29, 0.717) is 0 Å². The summed E-state index contributed by atoms with van der Waals surface area (Å²) in [5.41, 5.74) is 0. The van der Waals surface area contributed by atoms with Crippen LogP contribution >= 0.6 is 0 Å². The standard InChI is InChI=1S/C11H21N/c1-2-3-4-5-6-7-10-9-8-11(9)12-10/h9-12H,2-8H2,1H3/t9-,10?,11-/m1/s1. The van der Waals surface area contributed by atoms with Gasteiger partial charge in [-0.25, -0.2) is 0 Å². The molecule has 1 nitrogen and oxygen atoms in total. The Kier molecular flexibility index (Phi) is 2.69. The maximum Gasteiger partial charge on any atom is 0.0117 e. The summed E-state index contributed by atoms with van der Waals surface area (Å²) in [5.74, 6) is 1.11. The molecular weight excluding hydrogens is 146 g/mol. The van der Waals surface area contributed by atoms with E-state index in [1.54, 1.807) is 0 Å². The second-order valence-corrected chi connectivity index (χ2v) is 4.48. The molecule has 1 heterocycles. The smallest absolute Gasteiger partial charge is 0.0117 e. The van der Waals surface area contributed by atoms with Crippen LogP contribution in [-0.4, -0.2) is 12.1 Å². The van der Waals surface area contributed by atoms with Gasteiger partial charge in [0.15, 0.2) is 0 Å². The zero-order chi connectivity index (χ0) is 8.39. The summed E-state index contributed by atoms with van der Waals surface area (Å²) < 4.78 is 0. The van der Waals surface area contributed by atoms with Crippen molar-refractivity contribution in [2.24, 2.45) is 5.92 Å². The van der Waals surface area contributed by atoms with Gasteiger partial charge in [-0.1, -0.05) is 39.0 Å². The first-order valence-electron chi connectivity index (χ1n) is 5.68. The summed E-state index contributed by atoms with van der Waals surface area (Å²) in [6.07, 6.45) is 10.1. The van der Waals surface area contributed by atoms with Crippen LogP contribution in [0.1, 0.15) is 51.9 Å². The van der Waals surface area contributed by atoms with Crippen molar-refractivity contribution in [2.75, 3.05) is 0 Å². The minimum absolute atomic E-state index is 0.927. The summed E-state index contributed by atoms with van der Waals surface area (Å²) >= 11 is 0. The molecule has 1 heteroatoms. The minimum Gasteiger partial charge on any atom is -0.311 e. The molecule has 0 radical (unpaired) electrons. The Hall–Kier alpha value is -0.0400. The Morgan fingerprint density at radius 2 is 2.00 bits per heavy atom. The first-order valence-corrected chi connectivity index (χ1v) is 5.68. The van der Waals surface area contributed by atoms with Crippen LogP contribution in [0.2, 0.25) is 0 Å². The van der Waals surface area contributed by atoms with E-state index in [1.165, 1.54) is 44.9 Å². The van der Waals surface area contributed by atoms with Crippen LogP contribution in [0, 0.1) is 5.92 Å². The number of fused-ring (bicyclic) bond motifs is 1. The quantitative estimate of drug-likeness (QED) is 0.600. The molecule has 2 aliphatic rings. The molecule has 1 unspecified atom stereocenters. The Bertz CT molecular complexity index is 144. The molecule has 3 atom stereocenters. The number of hydrogen-bond acceptors (Lipinski definition) is 1. The molecule has 1 aliphatic heterocycles. The van der Waals surface area contributed by atoms with Gasteiger partial charge in [0.25, 0.3) is 0 Å². The molecular formula is C11H21N. The lowest BCUT2D eigenvalue weighted by molar-refractivity contribution is 0.323. The number of unbranched alkanes of at least 4 members (excludes halogenated alkanes) is 4. The lowest BCUT2D eigenvalue weighted by atomic mass is 9.99. The van der Waals surface area contributed by atoms with Gasteiger partial charge in [-0.15, -0.1) is 0 Å². The maximum absolute atomic E-state index is 3.61. The van der Waals surface area contributed by atoms with Gasteiger partial charge in [0, 0.05) is 12.1 Å². The van der Waals surface area contributed by atoms with E-state index < -0.39 is 0 Å². The summed E-state index contributed by atoms with van der Waals surface area (Å²) in [7, 11) is 0. The molecule has 1 saturated carbocycles. The van der Waals surface area contributed by atoms with Crippen molar-refractivity contribution in [3.63, 3.8) is 0 Å². The Morgan fingerprint density at radius 1 is 1.17 bits per heavy atom. The number of nitrogens with one attached hydrogen (secondary N) is 1. The zero-order valence-corrected chi connectivity index (χ0v) is 8.18. The monoisotopic (exact) mass is 167 g/mol. The predicted molar refractivity (Wildman–Crippen MR) is 52.2 cm³/mol. The molecule has 12 heavy (non-hydrogen) atoms. The highest BCUT2D eigenvalue weighted by atomic mass is 15.1. The third-order valence-electron chi connectivity index (χ3n) is 3.40. The van der Waals surface area contributed by atoms with Crippen molar-refractivity contribution in [1.82, 2.24) is 5.32 Å². The van der Waals surface area contributed by atoms with E-state index in [0.717, 1.165) is 18.0 Å². The lowest BCUT2D eigenvalue weighted by Crippen LogP contribution is -2.44. The van der Waals surface area contributed by atoms with E-state index in [2.05, 4.69) is 12.2 Å².